The molecule has 0 unspecified atom stereocenters. The third kappa shape index (κ3) is 5.15. The molecule has 0 spiro atoms. The average Bonchev–Trinajstić information content (AvgIpc) is 2.96. The monoisotopic (exact) mass is 353 g/mol. The number of nitrogens with one attached hydrogen (secondary N) is 1. The Morgan fingerprint density at radius 3 is 2.58 bits per heavy atom. The molecular weight excluding hydrogens is 329 g/mol. The number of halogens is 1. The van der Waals surface area contributed by atoms with Gasteiger partial charge < -0.3 is 10.2 Å². The van der Waals surface area contributed by atoms with E-state index < -0.39 is 0 Å². The van der Waals surface area contributed by atoms with Gasteiger partial charge in [-0.05, 0) is 36.6 Å². The Hall–Kier alpha value is -2.69. The Morgan fingerprint density at radius 2 is 1.88 bits per heavy atom. The van der Waals surface area contributed by atoms with E-state index in [1.54, 1.807) is 24.4 Å². The van der Waals surface area contributed by atoms with Crippen LogP contribution >= 0.6 is 0 Å². The number of pyridine rings is 1. The van der Waals surface area contributed by atoms with E-state index in [-0.39, 0.29) is 11.7 Å². The molecule has 0 saturated carbocycles. The van der Waals surface area contributed by atoms with E-state index in [1.807, 2.05) is 12.1 Å². The number of hydrogen-bond acceptors (Lipinski definition) is 3. The fourth-order valence-electron chi connectivity index (χ4n) is 3.03. The van der Waals surface area contributed by atoms with Crippen LogP contribution in [0.3, 0.4) is 0 Å². The van der Waals surface area contributed by atoms with Gasteiger partial charge in [0.2, 0.25) is 5.91 Å². The second kappa shape index (κ2) is 9.13. The van der Waals surface area contributed by atoms with Crippen molar-refractivity contribution in [3.05, 3.63) is 65.6 Å². The van der Waals surface area contributed by atoms with Gasteiger partial charge in [-0.25, -0.2) is 9.37 Å². The van der Waals surface area contributed by atoms with Gasteiger partial charge in [0.15, 0.2) is 0 Å². The highest BCUT2D eigenvalue weighted by Gasteiger charge is 2.10. The first-order valence-corrected chi connectivity index (χ1v) is 9.13. The molecule has 1 amide bonds. The van der Waals surface area contributed by atoms with Crippen molar-refractivity contribution in [3.63, 3.8) is 0 Å². The fourth-order valence-corrected chi connectivity index (χ4v) is 3.03. The van der Waals surface area contributed by atoms with Crippen molar-refractivity contribution in [1.82, 2.24) is 10.3 Å². The minimum atomic E-state index is -0.343. The molecule has 4 nitrogen and oxygen atoms in total. The number of rotatable bonds is 5. The molecule has 0 bridgehead atoms. The van der Waals surface area contributed by atoms with E-state index in [9.17, 15) is 9.18 Å². The normalized spacial score (nSPS) is 15.0. The number of anilines is 1. The maximum absolute atomic E-state index is 13.5. The molecule has 0 radical (unpaired) electrons. The summed E-state index contributed by atoms with van der Waals surface area (Å²) >= 11 is 0. The second-order valence-electron chi connectivity index (χ2n) is 6.50. The molecule has 0 atom stereocenters. The Morgan fingerprint density at radius 1 is 1.12 bits per heavy atom. The van der Waals surface area contributed by atoms with Crippen molar-refractivity contribution in [3.8, 4) is 0 Å². The van der Waals surface area contributed by atoms with Gasteiger partial charge in [-0.1, -0.05) is 37.1 Å². The maximum atomic E-state index is 13.5. The average molecular weight is 353 g/mol. The van der Waals surface area contributed by atoms with Crippen LogP contribution in [-0.4, -0.2) is 24.0 Å². The molecule has 2 heterocycles. The summed E-state index contributed by atoms with van der Waals surface area (Å²) in [4.78, 5) is 18.8. The molecule has 1 fully saturated rings. The highest BCUT2D eigenvalue weighted by atomic mass is 19.1. The van der Waals surface area contributed by atoms with Gasteiger partial charge in [-0.3, -0.25) is 4.79 Å². The van der Waals surface area contributed by atoms with Crippen molar-refractivity contribution < 1.29 is 9.18 Å². The van der Waals surface area contributed by atoms with E-state index in [4.69, 9.17) is 0 Å². The third-order valence-electron chi connectivity index (χ3n) is 4.53. The highest BCUT2D eigenvalue weighted by molar-refractivity contribution is 5.91. The van der Waals surface area contributed by atoms with E-state index >= 15 is 0 Å². The Labute approximate surface area is 153 Å². The zero-order valence-corrected chi connectivity index (χ0v) is 14.8. The molecule has 0 aliphatic carbocycles. The van der Waals surface area contributed by atoms with Crippen LogP contribution < -0.4 is 10.2 Å². The maximum Gasteiger partial charge on any atom is 0.244 e. The van der Waals surface area contributed by atoms with Crippen molar-refractivity contribution in [2.75, 3.05) is 18.0 Å². The number of carbonyl (C=O) groups excluding carboxylic acids is 1. The molecule has 1 saturated heterocycles. The SMILES string of the molecule is O=C(/C=C/c1ccccc1F)NCc1ccc(N2CCCCCC2)nc1. The molecule has 3 rings (SSSR count). The third-order valence-corrected chi connectivity index (χ3v) is 4.53. The van der Waals surface area contributed by atoms with Crippen LogP contribution in [0.25, 0.3) is 6.08 Å². The van der Waals surface area contributed by atoms with Crippen molar-refractivity contribution in [1.29, 1.82) is 0 Å². The molecule has 136 valence electrons. The second-order valence-corrected chi connectivity index (χ2v) is 6.50. The number of hydrogen-bond donors (Lipinski definition) is 1. The molecule has 1 aromatic carbocycles. The Balaban J connectivity index is 1.51. The van der Waals surface area contributed by atoms with Crippen molar-refractivity contribution in [2.45, 2.75) is 32.2 Å². The lowest BCUT2D eigenvalue weighted by Crippen LogP contribution is -2.25. The quantitative estimate of drug-likeness (QED) is 0.829. The molecule has 1 aliphatic rings. The molecule has 2 aromatic rings. The summed E-state index contributed by atoms with van der Waals surface area (Å²) in [6.07, 6.45) is 9.65. The van der Waals surface area contributed by atoms with Gasteiger partial charge >= 0.3 is 0 Å². The largest absolute Gasteiger partial charge is 0.357 e. The minimum Gasteiger partial charge on any atom is -0.357 e. The first-order valence-electron chi connectivity index (χ1n) is 9.13. The van der Waals surface area contributed by atoms with Crippen LogP contribution in [0.5, 0.6) is 0 Å². The topological polar surface area (TPSA) is 45.2 Å². The summed E-state index contributed by atoms with van der Waals surface area (Å²) in [6.45, 7) is 2.52. The predicted molar refractivity (Wildman–Crippen MR) is 102 cm³/mol. The van der Waals surface area contributed by atoms with Gasteiger partial charge in [0, 0.05) is 37.5 Å². The summed E-state index contributed by atoms with van der Waals surface area (Å²) in [5.74, 6) is 0.399. The van der Waals surface area contributed by atoms with E-state index in [1.165, 1.54) is 43.9 Å². The summed E-state index contributed by atoms with van der Waals surface area (Å²) in [5.41, 5.74) is 1.34. The number of aromatic nitrogens is 1. The molecule has 1 N–H and O–H groups in total. The summed E-state index contributed by atoms with van der Waals surface area (Å²) in [6, 6.07) is 10.4. The minimum absolute atomic E-state index is 0.259. The smallest absolute Gasteiger partial charge is 0.244 e. The van der Waals surface area contributed by atoms with Gasteiger partial charge in [0.1, 0.15) is 11.6 Å². The van der Waals surface area contributed by atoms with E-state index in [2.05, 4.69) is 15.2 Å². The van der Waals surface area contributed by atoms with Crippen LogP contribution in [0.4, 0.5) is 10.2 Å². The van der Waals surface area contributed by atoms with Crippen molar-refractivity contribution in [2.24, 2.45) is 0 Å². The fraction of sp³-hybridized carbons (Fsp3) is 0.333. The zero-order chi connectivity index (χ0) is 18.2. The lowest BCUT2D eigenvalue weighted by molar-refractivity contribution is -0.116. The number of carbonyl (C=O) groups is 1. The van der Waals surface area contributed by atoms with Crippen LogP contribution in [0.1, 0.15) is 36.8 Å². The number of amides is 1. The first-order chi connectivity index (χ1) is 12.7. The van der Waals surface area contributed by atoms with Crippen molar-refractivity contribution >= 4 is 17.8 Å². The van der Waals surface area contributed by atoms with Gasteiger partial charge in [-0.15, -0.1) is 0 Å². The lowest BCUT2D eigenvalue weighted by atomic mass is 10.2. The molecule has 1 aliphatic heterocycles. The van der Waals surface area contributed by atoms with E-state index in [0.717, 1.165) is 24.5 Å². The predicted octanol–water partition coefficient (Wildman–Crippen LogP) is 3.93. The van der Waals surface area contributed by atoms with Gasteiger partial charge in [0.05, 0.1) is 0 Å². The van der Waals surface area contributed by atoms with E-state index in [0.29, 0.717) is 12.1 Å². The zero-order valence-electron chi connectivity index (χ0n) is 14.8. The molecular formula is C21H24FN3O. The van der Waals surface area contributed by atoms with Crippen LogP contribution in [-0.2, 0) is 11.3 Å². The summed E-state index contributed by atoms with van der Waals surface area (Å²) in [5, 5.41) is 2.80. The highest BCUT2D eigenvalue weighted by Crippen LogP contribution is 2.17. The first kappa shape index (κ1) is 18.1. The summed E-state index contributed by atoms with van der Waals surface area (Å²) < 4.78 is 13.5. The molecule has 5 heteroatoms. The van der Waals surface area contributed by atoms with Gasteiger partial charge in [0.25, 0.3) is 0 Å². The summed E-state index contributed by atoms with van der Waals surface area (Å²) in [7, 11) is 0. The molecule has 26 heavy (non-hydrogen) atoms. The molecule has 1 aromatic heterocycles. The number of benzene rings is 1. The number of nitrogens with zero attached hydrogens (tertiary/aromatic N) is 2. The van der Waals surface area contributed by atoms with Crippen LogP contribution in [0.15, 0.2) is 48.7 Å². The van der Waals surface area contributed by atoms with Crippen LogP contribution in [0, 0.1) is 5.82 Å². The van der Waals surface area contributed by atoms with Crippen LogP contribution in [0.2, 0.25) is 0 Å². The standard InChI is InChI=1S/C21H24FN3O/c22-19-8-4-3-7-18(19)10-12-21(26)24-16-17-9-11-20(23-15-17)25-13-5-1-2-6-14-25/h3-4,7-12,15H,1-2,5-6,13-14,16H2,(H,24,26)/b12-10+. The Kier molecular flexibility index (Phi) is 6.36. The lowest BCUT2D eigenvalue weighted by Gasteiger charge is -2.21. The van der Waals surface area contributed by atoms with Gasteiger partial charge in [-0.2, -0.15) is 0 Å². The Bertz CT molecular complexity index is 750.